The molecule has 2 fully saturated rings. The summed E-state index contributed by atoms with van der Waals surface area (Å²) in [6.07, 6.45) is 14.5. The summed E-state index contributed by atoms with van der Waals surface area (Å²) < 4.78 is 1.88. The van der Waals surface area contributed by atoms with Crippen molar-refractivity contribution in [3.63, 3.8) is 0 Å². The molecule has 0 unspecified atom stereocenters. The molecule has 0 saturated carbocycles. The predicted octanol–water partition coefficient (Wildman–Crippen LogP) is 3.44. The molecular formula is C24H37N7. The topological polar surface area (TPSA) is 60.5 Å². The highest BCUT2D eigenvalue weighted by atomic mass is 15.2. The number of piperidine rings is 2. The van der Waals surface area contributed by atoms with Crippen LogP contribution in [0.25, 0.3) is 6.20 Å². The molecule has 168 valence electrons. The number of nitrogens with one attached hydrogen (secondary N) is 1. The van der Waals surface area contributed by atoms with Gasteiger partial charge in [-0.2, -0.15) is 0 Å². The van der Waals surface area contributed by atoms with E-state index in [2.05, 4.69) is 42.9 Å². The first-order valence-electron chi connectivity index (χ1n) is 11.4. The molecule has 0 spiro atoms. The van der Waals surface area contributed by atoms with E-state index in [1.54, 1.807) is 20.3 Å². The van der Waals surface area contributed by atoms with Gasteiger partial charge in [0.05, 0.1) is 0 Å². The van der Waals surface area contributed by atoms with Crippen LogP contribution in [0.3, 0.4) is 0 Å². The molecule has 0 amide bonds. The van der Waals surface area contributed by atoms with Gasteiger partial charge in [-0.15, -0.1) is 0 Å². The third-order valence-corrected chi connectivity index (χ3v) is 6.12. The molecule has 1 aromatic heterocycles. The number of pyridine rings is 1. The number of anilines is 1. The van der Waals surface area contributed by atoms with Crippen LogP contribution >= 0.6 is 0 Å². The second-order valence-electron chi connectivity index (χ2n) is 8.16. The number of amidine groups is 2. The van der Waals surface area contributed by atoms with Crippen LogP contribution < -0.4 is 10.8 Å². The van der Waals surface area contributed by atoms with Gasteiger partial charge in [0.15, 0.2) is 0 Å². The average molecular weight is 424 g/mol. The van der Waals surface area contributed by atoms with Gasteiger partial charge in [0.25, 0.3) is 0 Å². The fourth-order valence-electron chi connectivity index (χ4n) is 4.25. The van der Waals surface area contributed by atoms with Crippen LogP contribution in [-0.2, 0) is 0 Å². The summed E-state index contributed by atoms with van der Waals surface area (Å²) in [4.78, 5) is 18.2. The summed E-state index contributed by atoms with van der Waals surface area (Å²) in [5.74, 6) is 1.49. The number of hydrogen-bond acceptors (Lipinski definition) is 4. The molecular weight excluding hydrogens is 386 g/mol. The maximum absolute atomic E-state index is 4.64. The number of nitrogens with zero attached hydrogens (tertiary/aromatic N) is 6. The highest BCUT2D eigenvalue weighted by Gasteiger charge is 2.24. The Kier molecular flexibility index (Phi) is 8.64. The zero-order valence-electron chi connectivity index (χ0n) is 19.3. The molecule has 31 heavy (non-hydrogen) atoms. The summed E-state index contributed by atoms with van der Waals surface area (Å²) in [5, 5.41) is 3.41. The standard InChI is InChI=1S/C24H37N7/c1-5-30-18-9-21(19-24(30)26-4)28-23(27-20(2)25-3)12-17-29-15-10-22(11-16-29)31-13-7-6-8-14-31/h5,9,12,17-19,22H,1,6-8,10-11,13-16H2,2-4H3,(H,25,27,28)/b17-12+,26-24?. The van der Waals surface area contributed by atoms with Crippen molar-refractivity contribution in [2.45, 2.75) is 45.1 Å². The lowest BCUT2D eigenvalue weighted by atomic mass is 10.0. The van der Waals surface area contributed by atoms with Crippen LogP contribution in [0.4, 0.5) is 5.69 Å². The maximum atomic E-state index is 4.64. The summed E-state index contributed by atoms with van der Waals surface area (Å²) >= 11 is 0. The Labute approximate surface area is 186 Å². The van der Waals surface area contributed by atoms with Crippen molar-refractivity contribution in [3.8, 4) is 0 Å². The number of hydrogen-bond donors (Lipinski definition) is 1. The van der Waals surface area contributed by atoms with Crippen molar-refractivity contribution in [1.29, 1.82) is 0 Å². The summed E-state index contributed by atoms with van der Waals surface area (Å²) in [6.45, 7) is 10.5. The molecule has 2 aliphatic heterocycles. The second-order valence-corrected chi connectivity index (χ2v) is 8.16. The number of rotatable bonds is 5. The molecule has 3 rings (SSSR count). The van der Waals surface area contributed by atoms with E-state index < -0.39 is 0 Å². The lowest BCUT2D eigenvalue weighted by Gasteiger charge is -2.40. The lowest BCUT2D eigenvalue weighted by molar-refractivity contribution is 0.109. The van der Waals surface area contributed by atoms with E-state index in [0.29, 0.717) is 0 Å². The molecule has 0 atom stereocenters. The minimum atomic E-state index is 0.730. The average Bonchev–Trinajstić information content (AvgIpc) is 2.83. The van der Waals surface area contributed by atoms with E-state index in [-0.39, 0.29) is 0 Å². The van der Waals surface area contributed by atoms with Crippen LogP contribution in [0, 0.1) is 0 Å². The minimum Gasteiger partial charge on any atom is -0.377 e. The molecule has 3 heterocycles. The Balaban J connectivity index is 1.65. The molecule has 0 aromatic carbocycles. The molecule has 1 N–H and O–H groups in total. The molecule has 2 saturated heterocycles. The summed E-state index contributed by atoms with van der Waals surface area (Å²) in [5.41, 5.74) is 1.75. The van der Waals surface area contributed by atoms with Gasteiger partial charge in [0, 0.05) is 63.6 Å². The summed E-state index contributed by atoms with van der Waals surface area (Å²) in [7, 11) is 3.53. The fraction of sp³-hybridized carbons (Fsp3) is 0.542. The molecule has 7 nitrogen and oxygen atoms in total. The van der Waals surface area contributed by atoms with Crippen molar-refractivity contribution in [2.75, 3.05) is 45.6 Å². The van der Waals surface area contributed by atoms with Gasteiger partial charge >= 0.3 is 0 Å². The van der Waals surface area contributed by atoms with E-state index in [4.69, 9.17) is 0 Å². The maximum Gasteiger partial charge on any atom is 0.133 e. The first-order valence-corrected chi connectivity index (χ1v) is 11.4. The Morgan fingerprint density at radius 3 is 2.52 bits per heavy atom. The Hall–Kier alpha value is -2.67. The lowest BCUT2D eigenvalue weighted by Crippen LogP contribution is -2.45. The van der Waals surface area contributed by atoms with Gasteiger partial charge in [-0.25, -0.2) is 4.99 Å². The molecule has 2 aliphatic rings. The highest BCUT2D eigenvalue weighted by Crippen LogP contribution is 2.21. The molecule has 0 aliphatic carbocycles. The van der Waals surface area contributed by atoms with Gasteiger partial charge in [-0.05, 0) is 57.8 Å². The molecule has 0 bridgehead atoms. The zero-order valence-corrected chi connectivity index (χ0v) is 19.3. The van der Waals surface area contributed by atoms with E-state index in [1.807, 2.05) is 35.9 Å². The van der Waals surface area contributed by atoms with Crippen molar-refractivity contribution in [2.24, 2.45) is 15.0 Å². The van der Waals surface area contributed by atoms with Gasteiger partial charge < -0.3 is 19.7 Å². The molecule has 1 aromatic rings. The Bertz CT molecular complexity index is 879. The SMILES string of the molecule is C=Cn1ccc(NC(/C=C/N2CCC(N3CCCCC3)CC2)=NC(C)=NC)cc1=NC. The number of aliphatic imine (C=N–C) groups is 2. The number of aromatic nitrogens is 1. The van der Waals surface area contributed by atoms with Crippen LogP contribution in [0.2, 0.25) is 0 Å². The number of likely N-dealkylation sites (tertiary alicyclic amines) is 2. The normalized spacial score (nSPS) is 20.5. The Morgan fingerprint density at radius 2 is 1.87 bits per heavy atom. The van der Waals surface area contributed by atoms with E-state index in [0.717, 1.165) is 42.0 Å². The quantitative estimate of drug-likeness (QED) is 0.583. The molecule has 7 heteroatoms. The first-order chi connectivity index (χ1) is 15.1. The van der Waals surface area contributed by atoms with Crippen molar-refractivity contribution in [1.82, 2.24) is 14.4 Å². The third-order valence-electron chi connectivity index (χ3n) is 6.12. The van der Waals surface area contributed by atoms with E-state index in [9.17, 15) is 0 Å². The second kappa shape index (κ2) is 11.6. The van der Waals surface area contributed by atoms with Crippen molar-refractivity contribution in [3.05, 3.63) is 42.7 Å². The van der Waals surface area contributed by atoms with Gasteiger partial charge in [0.1, 0.15) is 17.2 Å². The van der Waals surface area contributed by atoms with Crippen LogP contribution in [0.1, 0.15) is 39.0 Å². The highest BCUT2D eigenvalue weighted by molar-refractivity contribution is 6.09. The smallest absolute Gasteiger partial charge is 0.133 e. The van der Waals surface area contributed by atoms with Crippen LogP contribution in [0.5, 0.6) is 0 Å². The predicted molar refractivity (Wildman–Crippen MR) is 132 cm³/mol. The Morgan fingerprint density at radius 1 is 1.13 bits per heavy atom. The van der Waals surface area contributed by atoms with E-state index >= 15 is 0 Å². The fourth-order valence-corrected chi connectivity index (χ4v) is 4.25. The van der Waals surface area contributed by atoms with Gasteiger partial charge in [0.2, 0.25) is 0 Å². The van der Waals surface area contributed by atoms with E-state index in [1.165, 1.54) is 45.2 Å². The van der Waals surface area contributed by atoms with Gasteiger partial charge in [-0.3, -0.25) is 9.98 Å². The monoisotopic (exact) mass is 423 g/mol. The largest absolute Gasteiger partial charge is 0.377 e. The van der Waals surface area contributed by atoms with Crippen molar-refractivity contribution < 1.29 is 0 Å². The zero-order chi connectivity index (χ0) is 22.1. The summed E-state index contributed by atoms with van der Waals surface area (Å²) in [6, 6.07) is 4.72. The first kappa shape index (κ1) is 23.0. The van der Waals surface area contributed by atoms with Gasteiger partial charge in [-0.1, -0.05) is 13.0 Å². The third kappa shape index (κ3) is 6.66. The van der Waals surface area contributed by atoms with Crippen LogP contribution in [0.15, 0.2) is 52.2 Å². The molecule has 0 radical (unpaired) electrons. The van der Waals surface area contributed by atoms with Crippen LogP contribution in [-0.4, -0.2) is 72.4 Å². The minimum absolute atomic E-state index is 0.730. The van der Waals surface area contributed by atoms with Crippen molar-refractivity contribution >= 4 is 23.6 Å².